The molecule has 0 saturated carbocycles. The lowest BCUT2D eigenvalue weighted by Gasteiger charge is -2.40. The summed E-state index contributed by atoms with van der Waals surface area (Å²) in [5.74, 6) is 0. The normalized spacial score (nSPS) is 23.8. The molecule has 0 amide bonds. The van der Waals surface area contributed by atoms with E-state index in [2.05, 4.69) is 26.1 Å². The summed E-state index contributed by atoms with van der Waals surface area (Å²) in [6.07, 6.45) is 10.1. The second-order valence-corrected chi connectivity index (χ2v) is 5.44. The van der Waals surface area contributed by atoms with Gasteiger partial charge in [0, 0.05) is 12.6 Å². The quantitative estimate of drug-likeness (QED) is 0.651. The van der Waals surface area contributed by atoms with Gasteiger partial charge in [0.2, 0.25) is 0 Å². The molecule has 0 aromatic carbocycles. The number of rotatable bonds is 8. The Morgan fingerprint density at radius 1 is 1.12 bits per heavy atom. The largest absolute Gasteiger partial charge is 0.375 e. The van der Waals surface area contributed by atoms with Gasteiger partial charge in [-0.25, -0.2) is 0 Å². The molecule has 1 heterocycles. The number of hydrogen-bond acceptors (Lipinski definition) is 2. The Kier molecular flexibility index (Phi) is 7.14. The van der Waals surface area contributed by atoms with Crippen molar-refractivity contribution in [3.05, 3.63) is 0 Å². The van der Waals surface area contributed by atoms with Crippen LogP contribution < -0.4 is 5.32 Å². The van der Waals surface area contributed by atoms with Gasteiger partial charge in [-0.15, -0.1) is 0 Å². The molecule has 1 unspecified atom stereocenters. The van der Waals surface area contributed by atoms with Crippen LogP contribution in [0.3, 0.4) is 0 Å². The van der Waals surface area contributed by atoms with E-state index >= 15 is 0 Å². The third kappa shape index (κ3) is 4.97. The summed E-state index contributed by atoms with van der Waals surface area (Å²) in [4.78, 5) is 0. The van der Waals surface area contributed by atoms with Crippen molar-refractivity contribution < 1.29 is 4.74 Å². The number of nitrogens with one attached hydrogen (secondary N) is 1. The highest BCUT2D eigenvalue weighted by molar-refractivity contribution is 4.87. The van der Waals surface area contributed by atoms with Crippen molar-refractivity contribution in [2.24, 2.45) is 0 Å². The van der Waals surface area contributed by atoms with Gasteiger partial charge < -0.3 is 10.1 Å². The van der Waals surface area contributed by atoms with Gasteiger partial charge in [0.1, 0.15) is 0 Å². The van der Waals surface area contributed by atoms with Crippen LogP contribution in [0.2, 0.25) is 0 Å². The van der Waals surface area contributed by atoms with Crippen molar-refractivity contribution >= 4 is 0 Å². The highest BCUT2D eigenvalue weighted by Crippen LogP contribution is 2.31. The van der Waals surface area contributed by atoms with Crippen LogP contribution in [0.4, 0.5) is 0 Å². The summed E-state index contributed by atoms with van der Waals surface area (Å²) in [5, 5.41) is 3.72. The first kappa shape index (κ1) is 15.0. The zero-order valence-corrected chi connectivity index (χ0v) is 12.1. The monoisotopic (exact) mass is 241 g/mol. The standard InChI is InChI=1S/C15H31NO/c1-4-7-8-9-11-16-14-10-12-17-15(5-2,6-3)13-14/h14,16H,4-13H2,1-3H3. The predicted molar refractivity (Wildman–Crippen MR) is 74.4 cm³/mol. The van der Waals surface area contributed by atoms with Crippen molar-refractivity contribution in [3.8, 4) is 0 Å². The Labute approximate surface area is 108 Å². The highest BCUT2D eigenvalue weighted by Gasteiger charge is 2.33. The van der Waals surface area contributed by atoms with Gasteiger partial charge in [-0.2, -0.15) is 0 Å². The van der Waals surface area contributed by atoms with E-state index < -0.39 is 0 Å². The van der Waals surface area contributed by atoms with Crippen LogP contribution in [0.15, 0.2) is 0 Å². The highest BCUT2D eigenvalue weighted by atomic mass is 16.5. The van der Waals surface area contributed by atoms with E-state index in [9.17, 15) is 0 Å². The molecule has 1 saturated heterocycles. The molecule has 1 aliphatic heterocycles. The van der Waals surface area contributed by atoms with E-state index in [4.69, 9.17) is 4.74 Å². The second-order valence-electron chi connectivity index (χ2n) is 5.44. The van der Waals surface area contributed by atoms with Gasteiger partial charge >= 0.3 is 0 Å². The maximum Gasteiger partial charge on any atom is 0.0692 e. The Bertz CT molecular complexity index is 189. The first-order valence-electron chi connectivity index (χ1n) is 7.63. The average Bonchev–Trinajstić information content (AvgIpc) is 2.39. The zero-order valence-electron chi connectivity index (χ0n) is 12.1. The van der Waals surface area contributed by atoms with Gasteiger partial charge in [-0.05, 0) is 38.6 Å². The van der Waals surface area contributed by atoms with Crippen LogP contribution in [0, 0.1) is 0 Å². The minimum absolute atomic E-state index is 0.166. The van der Waals surface area contributed by atoms with Crippen LogP contribution in [-0.4, -0.2) is 24.8 Å². The Morgan fingerprint density at radius 2 is 1.88 bits per heavy atom. The predicted octanol–water partition coefficient (Wildman–Crippen LogP) is 3.89. The minimum Gasteiger partial charge on any atom is -0.375 e. The molecule has 1 fully saturated rings. The smallest absolute Gasteiger partial charge is 0.0692 e. The molecule has 1 rings (SSSR count). The lowest BCUT2D eigenvalue weighted by atomic mass is 9.86. The van der Waals surface area contributed by atoms with Crippen LogP contribution in [-0.2, 0) is 4.74 Å². The number of unbranched alkanes of at least 4 members (excludes halogenated alkanes) is 3. The molecule has 0 aliphatic carbocycles. The topological polar surface area (TPSA) is 21.3 Å². The van der Waals surface area contributed by atoms with E-state index in [1.54, 1.807) is 0 Å². The van der Waals surface area contributed by atoms with E-state index in [0.717, 1.165) is 19.4 Å². The van der Waals surface area contributed by atoms with E-state index in [1.807, 2.05) is 0 Å². The summed E-state index contributed by atoms with van der Waals surface area (Å²) >= 11 is 0. The lowest BCUT2D eigenvalue weighted by molar-refractivity contribution is -0.0929. The van der Waals surface area contributed by atoms with Crippen LogP contribution >= 0.6 is 0 Å². The Balaban J connectivity index is 2.20. The molecular formula is C15H31NO. The van der Waals surface area contributed by atoms with Crippen LogP contribution in [0.5, 0.6) is 0 Å². The molecule has 0 aromatic rings. The molecular weight excluding hydrogens is 210 g/mol. The van der Waals surface area contributed by atoms with E-state index in [1.165, 1.54) is 45.1 Å². The second kappa shape index (κ2) is 8.10. The third-order valence-corrected chi connectivity index (χ3v) is 4.24. The SMILES string of the molecule is CCCCCCNC1CCOC(CC)(CC)C1. The summed E-state index contributed by atoms with van der Waals surface area (Å²) in [5.41, 5.74) is 0.166. The minimum atomic E-state index is 0.166. The lowest BCUT2D eigenvalue weighted by Crippen LogP contribution is -2.46. The van der Waals surface area contributed by atoms with Crippen LogP contribution in [0.1, 0.15) is 72.1 Å². The zero-order chi connectivity index (χ0) is 12.6. The van der Waals surface area contributed by atoms with Gasteiger partial charge in [-0.3, -0.25) is 0 Å². The van der Waals surface area contributed by atoms with Gasteiger partial charge in [-0.1, -0.05) is 40.0 Å². The number of hydrogen-bond donors (Lipinski definition) is 1. The van der Waals surface area contributed by atoms with Crippen molar-refractivity contribution in [2.45, 2.75) is 83.8 Å². The fraction of sp³-hybridized carbons (Fsp3) is 1.00. The van der Waals surface area contributed by atoms with Crippen molar-refractivity contribution in [1.29, 1.82) is 0 Å². The summed E-state index contributed by atoms with van der Waals surface area (Å²) in [6, 6.07) is 0.685. The summed E-state index contributed by atoms with van der Waals surface area (Å²) in [7, 11) is 0. The van der Waals surface area contributed by atoms with Crippen LogP contribution in [0.25, 0.3) is 0 Å². The van der Waals surface area contributed by atoms with Gasteiger partial charge in [0.15, 0.2) is 0 Å². The molecule has 0 aromatic heterocycles. The fourth-order valence-electron chi connectivity index (χ4n) is 2.80. The maximum absolute atomic E-state index is 6.00. The van der Waals surface area contributed by atoms with Crippen molar-refractivity contribution in [3.63, 3.8) is 0 Å². The van der Waals surface area contributed by atoms with Crippen molar-refractivity contribution in [2.75, 3.05) is 13.2 Å². The third-order valence-electron chi connectivity index (χ3n) is 4.24. The van der Waals surface area contributed by atoms with Crippen molar-refractivity contribution in [1.82, 2.24) is 5.32 Å². The Hall–Kier alpha value is -0.0800. The molecule has 1 atom stereocenters. The first-order chi connectivity index (χ1) is 8.26. The van der Waals surface area contributed by atoms with E-state index in [-0.39, 0.29) is 5.60 Å². The first-order valence-corrected chi connectivity index (χ1v) is 7.63. The molecule has 102 valence electrons. The van der Waals surface area contributed by atoms with Gasteiger partial charge in [0.25, 0.3) is 0 Å². The van der Waals surface area contributed by atoms with Gasteiger partial charge in [0.05, 0.1) is 5.60 Å². The molecule has 17 heavy (non-hydrogen) atoms. The summed E-state index contributed by atoms with van der Waals surface area (Å²) < 4.78 is 6.00. The molecule has 0 bridgehead atoms. The maximum atomic E-state index is 6.00. The fourth-order valence-corrected chi connectivity index (χ4v) is 2.80. The number of ether oxygens (including phenoxy) is 1. The molecule has 2 heteroatoms. The molecule has 2 nitrogen and oxygen atoms in total. The van der Waals surface area contributed by atoms with E-state index in [0.29, 0.717) is 6.04 Å². The Morgan fingerprint density at radius 3 is 2.53 bits per heavy atom. The average molecular weight is 241 g/mol. The molecule has 0 spiro atoms. The molecule has 1 N–H and O–H groups in total. The molecule has 1 aliphatic rings. The summed E-state index contributed by atoms with van der Waals surface area (Å²) in [6.45, 7) is 8.91. The molecule has 0 radical (unpaired) electrons.